The molecule has 0 bridgehead atoms. The first-order chi connectivity index (χ1) is 9.58. The molecule has 0 radical (unpaired) electrons. The van der Waals surface area contributed by atoms with E-state index in [1.54, 1.807) is 10.6 Å². The molecule has 0 aliphatic heterocycles. The Morgan fingerprint density at radius 2 is 1.90 bits per heavy atom. The molecule has 0 saturated heterocycles. The molecular formula is C17H19NO2. The van der Waals surface area contributed by atoms with Crippen LogP contribution in [0.25, 0.3) is 11.3 Å². The van der Waals surface area contributed by atoms with Crippen molar-refractivity contribution in [3.05, 3.63) is 57.4 Å². The number of rotatable bonds is 4. The fourth-order valence-corrected chi connectivity index (χ4v) is 2.38. The Labute approximate surface area is 118 Å². The molecule has 0 N–H and O–H groups in total. The van der Waals surface area contributed by atoms with Crippen molar-refractivity contribution in [3.8, 4) is 11.3 Å². The van der Waals surface area contributed by atoms with E-state index in [1.807, 2.05) is 26.8 Å². The van der Waals surface area contributed by atoms with Crippen molar-refractivity contribution in [2.75, 3.05) is 0 Å². The van der Waals surface area contributed by atoms with Crippen LogP contribution >= 0.6 is 0 Å². The third-order valence-corrected chi connectivity index (χ3v) is 3.45. The molecule has 3 heteroatoms. The highest BCUT2D eigenvalue weighted by atomic mass is 16.1. The van der Waals surface area contributed by atoms with Gasteiger partial charge >= 0.3 is 0 Å². The zero-order valence-corrected chi connectivity index (χ0v) is 12.1. The first-order valence-corrected chi connectivity index (χ1v) is 6.85. The highest BCUT2D eigenvalue weighted by Crippen LogP contribution is 2.24. The predicted molar refractivity (Wildman–Crippen MR) is 81.3 cm³/mol. The summed E-state index contributed by atoms with van der Waals surface area (Å²) in [6.45, 7) is 6.70. The summed E-state index contributed by atoms with van der Waals surface area (Å²) in [6, 6.07) is 9.66. The standard InChI is InChI=1S/C17H19NO2/c1-4-9-18-16(8-7-14(11-19)17(18)20)15-10-12(2)5-6-13(15)3/h5-8,10-11H,4,9H2,1-3H3. The van der Waals surface area contributed by atoms with E-state index in [4.69, 9.17) is 0 Å². The molecule has 20 heavy (non-hydrogen) atoms. The van der Waals surface area contributed by atoms with Gasteiger partial charge in [0, 0.05) is 12.1 Å². The summed E-state index contributed by atoms with van der Waals surface area (Å²) in [5, 5.41) is 0. The molecule has 0 fully saturated rings. The Kier molecular flexibility index (Phi) is 4.18. The monoisotopic (exact) mass is 269 g/mol. The molecule has 1 aromatic carbocycles. The number of aryl methyl sites for hydroxylation is 2. The number of benzene rings is 1. The molecule has 0 amide bonds. The van der Waals surface area contributed by atoms with E-state index in [1.165, 1.54) is 0 Å². The number of aldehydes is 1. The minimum atomic E-state index is -0.208. The van der Waals surface area contributed by atoms with Crippen LogP contribution in [0.15, 0.2) is 35.1 Å². The molecule has 2 aromatic rings. The molecule has 1 heterocycles. The lowest BCUT2D eigenvalue weighted by Gasteiger charge is -2.15. The van der Waals surface area contributed by atoms with Gasteiger partial charge in [0.25, 0.3) is 5.56 Å². The fraction of sp³-hybridized carbons (Fsp3) is 0.294. The quantitative estimate of drug-likeness (QED) is 0.798. The van der Waals surface area contributed by atoms with Crippen LogP contribution in [0.1, 0.15) is 34.8 Å². The van der Waals surface area contributed by atoms with Gasteiger partial charge in [0.05, 0.1) is 11.3 Å². The third-order valence-electron chi connectivity index (χ3n) is 3.45. The van der Waals surface area contributed by atoms with Crippen molar-refractivity contribution >= 4 is 6.29 Å². The maximum absolute atomic E-state index is 12.3. The van der Waals surface area contributed by atoms with Crippen molar-refractivity contribution < 1.29 is 4.79 Å². The highest BCUT2D eigenvalue weighted by Gasteiger charge is 2.11. The lowest BCUT2D eigenvalue weighted by molar-refractivity contribution is 0.112. The van der Waals surface area contributed by atoms with Gasteiger partial charge in [0.15, 0.2) is 6.29 Å². The van der Waals surface area contributed by atoms with Gasteiger partial charge in [-0.3, -0.25) is 9.59 Å². The number of carbonyl (C=O) groups is 1. The zero-order chi connectivity index (χ0) is 14.7. The number of hydrogen-bond acceptors (Lipinski definition) is 2. The topological polar surface area (TPSA) is 39.1 Å². The summed E-state index contributed by atoms with van der Waals surface area (Å²) >= 11 is 0. The number of pyridine rings is 1. The maximum Gasteiger partial charge on any atom is 0.261 e. The second kappa shape index (κ2) is 5.87. The molecular weight excluding hydrogens is 250 g/mol. The Bertz CT molecular complexity index is 699. The molecule has 0 aliphatic carbocycles. The van der Waals surface area contributed by atoms with Crippen molar-refractivity contribution in [1.29, 1.82) is 0 Å². The number of nitrogens with zero attached hydrogens (tertiary/aromatic N) is 1. The molecule has 0 spiro atoms. The van der Waals surface area contributed by atoms with Crippen LogP contribution in [0, 0.1) is 13.8 Å². The van der Waals surface area contributed by atoms with Gasteiger partial charge in [0.1, 0.15) is 0 Å². The first-order valence-electron chi connectivity index (χ1n) is 6.85. The Hall–Kier alpha value is -2.16. The SMILES string of the molecule is CCCn1c(-c2cc(C)ccc2C)ccc(C=O)c1=O. The molecule has 2 rings (SSSR count). The minimum absolute atomic E-state index is 0.208. The van der Waals surface area contributed by atoms with Crippen LogP contribution in [-0.2, 0) is 6.54 Å². The van der Waals surface area contributed by atoms with Crippen LogP contribution in [0.3, 0.4) is 0 Å². The first kappa shape index (κ1) is 14.3. The van der Waals surface area contributed by atoms with Gasteiger partial charge in [-0.05, 0) is 44.0 Å². The summed E-state index contributed by atoms with van der Waals surface area (Å²) in [5.41, 5.74) is 4.21. The second-order valence-corrected chi connectivity index (χ2v) is 5.07. The molecule has 0 saturated carbocycles. The lowest BCUT2D eigenvalue weighted by Crippen LogP contribution is -2.25. The van der Waals surface area contributed by atoms with Gasteiger partial charge < -0.3 is 4.57 Å². The predicted octanol–water partition coefficient (Wildman–Crippen LogP) is 3.35. The lowest BCUT2D eigenvalue weighted by atomic mass is 10.0. The normalized spacial score (nSPS) is 10.6. The van der Waals surface area contributed by atoms with Crippen LogP contribution in [0.4, 0.5) is 0 Å². The second-order valence-electron chi connectivity index (χ2n) is 5.07. The largest absolute Gasteiger partial charge is 0.308 e. The van der Waals surface area contributed by atoms with Crippen molar-refractivity contribution in [2.45, 2.75) is 33.7 Å². The van der Waals surface area contributed by atoms with E-state index < -0.39 is 0 Å². The van der Waals surface area contributed by atoms with Gasteiger partial charge in [-0.1, -0.05) is 24.6 Å². The summed E-state index contributed by atoms with van der Waals surface area (Å²) in [7, 11) is 0. The summed E-state index contributed by atoms with van der Waals surface area (Å²) < 4.78 is 1.70. The summed E-state index contributed by atoms with van der Waals surface area (Å²) in [5.74, 6) is 0. The molecule has 104 valence electrons. The van der Waals surface area contributed by atoms with Gasteiger partial charge in [-0.2, -0.15) is 0 Å². The molecule has 0 unspecified atom stereocenters. The van der Waals surface area contributed by atoms with Crippen molar-refractivity contribution in [3.63, 3.8) is 0 Å². The van der Waals surface area contributed by atoms with Crippen LogP contribution in [-0.4, -0.2) is 10.9 Å². The summed E-state index contributed by atoms with van der Waals surface area (Å²) in [6.07, 6.45) is 1.47. The smallest absolute Gasteiger partial charge is 0.261 e. The fourth-order valence-electron chi connectivity index (χ4n) is 2.38. The molecule has 0 aliphatic rings. The van der Waals surface area contributed by atoms with Crippen LogP contribution in [0.2, 0.25) is 0 Å². The number of aromatic nitrogens is 1. The van der Waals surface area contributed by atoms with Crippen molar-refractivity contribution in [1.82, 2.24) is 4.57 Å². The average molecular weight is 269 g/mol. The Morgan fingerprint density at radius 3 is 2.55 bits per heavy atom. The molecule has 1 aromatic heterocycles. The van der Waals surface area contributed by atoms with E-state index in [-0.39, 0.29) is 11.1 Å². The molecule has 0 atom stereocenters. The van der Waals surface area contributed by atoms with E-state index in [0.717, 1.165) is 28.8 Å². The van der Waals surface area contributed by atoms with E-state index in [9.17, 15) is 9.59 Å². The van der Waals surface area contributed by atoms with Gasteiger partial charge in [-0.15, -0.1) is 0 Å². The molecule has 3 nitrogen and oxygen atoms in total. The Balaban J connectivity index is 2.73. The van der Waals surface area contributed by atoms with Crippen molar-refractivity contribution in [2.24, 2.45) is 0 Å². The van der Waals surface area contributed by atoms with Crippen LogP contribution in [0.5, 0.6) is 0 Å². The Morgan fingerprint density at radius 1 is 1.15 bits per heavy atom. The minimum Gasteiger partial charge on any atom is -0.308 e. The van der Waals surface area contributed by atoms with E-state index in [2.05, 4.69) is 18.2 Å². The van der Waals surface area contributed by atoms with Crippen LogP contribution < -0.4 is 5.56 Å². The zero-order valence-electron chi connectivity index (χ0n) is 12.1. The summed E-state index contributed by atoms with van der Waals surface area (Å²) in [4.78, 5) is 23.3. The third kappa shape index (κ3) is 2.57. The highest BCUT2D eigenvalue weighted by molar-refractivity contribution is 5.76. The van der Waals surface area contributed by atoms with E-state index >= 15 is 0 Å². The van der Waals surface area contributed by atoms with Gasteiger partial charge in [0.2, 0.25) is 0 Å². The average Bonchev–Trinajstić information content (AvgIpc) is 2.44. The number of hydrogen-bond donors (Lipinski definition) is 0. The number of carbonyl (C=O) groups excluding carboxylic acids is 1. The maximum atomic E-state index is 12.3. The van der Waals surface area contributed by atoms with Gasteiger partial charge in [-0.25, -0.2) is 0 Å². The van der Waals surface area contributed by atoms with E-state index in [0.29, 0.717) is 12.8 Å².